The fourth-order valence-corrected chi connectivity index (χ4v) is 0.532. The molecule has 1 aliphatic heterocycles. The van der Waals surface area contributed by atoms with Gasteiger partial charge in [-0.25, -0.2) is 0 Å². The van der Waals surface area contributed by atoms with E-state index in [9.17, 15) is 0 Å². The molecule has 1 fully saturated rings. The van der Waals surface area contributed by atoms with Crippen LogP contribution in [0.2, 0.25) is 0 Å². The van der Waals surface area contributed by atoms with Crippen molar-refractivity contribution in [3.05, 3.63) is 0 Å². The van der Waals surface area contributed by atoms with Crippen LogP contribution in [0, 0.1) is 0 Å². The molecule has 0 atom stereocenters. The zero-order valence-corrected chi connectivity index (χ0v) is 5.71. The van der Waals surface area contributed by atoms with Gasteiger partial charge < -0.3 is 4.84 Å². The molecule has 9 heavy (non-hydrogen) atoms. The number of halogens is 1. The molecule has 0 N–H and O–H groups in total. The molecular weight excluding hydrogens is 142 g/mol. The van der Waals surface area contributed by atoms with E-state index in [1.54, 1.807) is 0 Å². The van der Waals surface area contributed by atoms with Gasteiger partial charge in [0.25, 0.3) is 0 Å². The fraction of sp³-hybridized carbons (Fsp3) is 1.00. The van der Waals surface area contributed by atoms with Crippen LogP contribution in [0.4, 0.5) is 0 Å². The van der Waals surface area contributed by atoms with E-state index in [-0.39, 0.29) is 6.07 Å². The van der Waals surface area contributed by atoms with E-state index >= 15 is 0 Å². The molecule has 1 heterocycles. The van der Waals surface area contributed by atoms with Gasteiger partial charge in [-0.1, -0.05) is 11.6 Å². The number of hydrogen-bond acceptors (Lipinski definition) is 3. The summed E-state index contributed by atoms with van der Waals surface area (Å²) >= 11 is 5.15. The summed E-state index contributed by atoms with van der Waals surface area (Å²) in [6.45, 7) is 1.96. The van der Waals surface area contributed by atoms with Gasteiger partial charge in [0, 0.05) is 18.4 Å². The topological polar surface area (TPSA) is 37.2 Å². The zero-order chi connectivity index (χ0) is 6.53. The maximum absolute atomic E-state index is 5.15. The van der Waals surface area contributed by atoms with Crippen molar-refractivity contribution in [3.63, 3.8) is 0 Å². The van der Waals surface area contributed by atoms with Crippen LogP contribution in [0.3, 0.4) is 0 Å². The van der Waals surface area contributed by atoms with E-state index in [2.05, 4.69) is 15.3 Å². The van der Waals surface area contributed by atoms with Gasteiger partial charge in [0.05, 0.1) is 0 Å². The van der Waals surface area contributed by atoms with Crippen LogP contribution in [0.5, 0.6) is 0 Å². The van der Waals surface area contributed by atoms with Crippen molar-refractivity contribution in [2.24, 2.45) is 10.5 Å². The summed E-state index contributed by atoms with van der Waals surface area (Å²) in [5, 5.41) is 8.81. The van der Waals surface area contributed by atoms with Crippen molar-refractivity contribution in [2.45, 2.75) is 6.42 Å². The number of nitrogens with zero attached hydrogens (tertiary/aromatic N) is 3. The van der Waals surface area contributed by atoms with Crippen LogP contribution in [-0.4, -0.2) is 24.2 Å². The van der Waals surface area contributed by atoms with Crippen LogP contribution in [0.25, 0.3) is 0 Å². The van der Waals surface area contributed by atoms with Gasteiger partial charge in [-0.05, 0) is 11.6 Å². The van der Waals surface area contributed by atoms with Crippen LogP contribution < -0.4 is 0 Å². The lowest BCUT2D eigenvalue weighted by Gasteiger charge is -2.24. The minimum atomic E-state index is 0.0668. The first-order valence-electron chi connectivity index (χ1n) is 2.77. The molecular formula is C4H8ClN3O. The Kier molecular flexibility index (Phi) is 2.57. The zero-order valence-electron chi connectivity index (χ0n) is 4.96. The summed E-state index contributed by atoms with van der Waals surface area (Å²) < 4.78 is 0. The maximum Gasteiger partial charge on any atom is 0.192 e. The second-order valence-electron chi connectivity index (χ2n) is 1.72. The third kappa shape index (κ3) is 2.05. The Bertz CT molecular complexity index is 104. The fourth-order valence-electron chi connectivity index (χ4n) is 0.488. The third-order valence-corrected chi connectivity index (χ3v) is 1.20. The summed E-state index contributed by atoms with van der Waals surface area (Å²) in [6, 6.07) is 0.0668. The van der Waals surface area contributed by atoms with Crippen molar-refractivity contribution in [2.75, 3.05) is 19.2 Å². The molecule has 0 aliphatic carbocycles. The summed E-state index contributed by atoms with van der Waals surface area (Å²) in [4.78, 5) is 4.42. The van der Waals surface area contributed by atoms with Crippen LogP contribution in [0.1, 0.15) is 6.42 Å². The molecule has 0 spiro atoms. The van der Waals surface area contributed by atoms with Gasteiger partial charge >= 0.3 is 0 Å². The summed E-state index contributed by atoms with van der Waals surface area (Å²) in [7, 11) is 0. The molecule has 0 bridgehead atoms. The predicted molar refractivity (Wildman–Crippen MR) is 32.9 cm³/mol. The van der Waals surface area contributed by atoms with Crippen LogP contribution in [0.15, 0.2) is 10.5 Å². The van der Waals surface area contributed by atoms with Crippen molar-refractivity contribution >= 4 is 11.6 Å². The highest BCUT2D eigenvalue weighted by Crippen LogP contribution is 2.05. The summed E-state index contributed by atoms with van der Waals surface area (Å²) in [6.07, 6.45) is 1.19. The second-order valence-corrected chi connectivity index (χ2v) is 1.93. The van der Waals surface area contributed by atoms with Crippen LogP contribution >= 0.6 is 11.6 Å². The first kappa shape index (κ1) is 6.61. The molecule has 52 valence electrons. The number of rotatable bonds is 3. The highest BCUT2D eigenvalue weighted by Gasteiger charge is 2.10. The normalized spacial score (nSPS) is 18.1. The maximum atomic E-state index is 5.15. The lowest BCUT2D eigenvalue weighted by molar-refractivity contribution is 0.0960. The Morgan fingerprint density at radius 3 is 2.78 bits per heavy atom. The Labute approximate surface area is 58.4 Å². The molecule has 0 amide bonds. The molecule has 0 unspecified atom stereocenters. The van der Waals surface area contributed by atoms with E-state index in [0.29, 0.717) is 0 Å². The third-order valence-electron chi connectivity index (χ3n) is 1.10. The Hall–Kier alpha value is -0.510. The van der Waals surface area contributed by atoms with E-state index in [4.69, 9.17) is 11.6 Å². The van der Waals surface area contributed by atoms with Crippen molar-refractivity contribution in [3.8, 4) is 0 Å². The van der Waals surface area contributed by atoms with Gasteiger partial charge in [-0.2, -0.15) is 0 Å². The van der Waals surface area contributed by atoms with E-state index in [1.807, 2.05) is 5.01 Å². The molecule has 5 heteroatoms. The van der Waals surface area contributed by atoms with Crippen LogP contribution in [-0.2, 0) is 4.84 Å². The molecule has 1 saturated heterocycles. The van der Waals surface area contributed by atoms with Crippen molar-refractivity contribution in [1.82, 2.24) is 5.01 Å². The standard InChI is InChI=1S/C4H8ClN3O/c5-4-9-7-6-8-2-1-3-8/h1-4H2. The molecule has 0 aromatic heterocycles. The van der Waals surface area contributed by atoms with Gasteiger partial charge in [0.1, 0.15) is 0 Å². The summed E-state index contributed by atoms with van der Waals surface area (Å²) in [5.41, 5.74) is 0. The van der Waals surface area contributed by atoms with E-state index < -0.39 is 0 Å². The molecule has 0 saturated carbocycles. The highest BCUT2D eigenvalue weighted by molar-refractivity contribution is 6.17. The van der Waals surface area contributed by atoms with E-state index in [1.165, 1.54) is 6.42 Å². The van der Waals surface area contributed by atoms with Gasteiger partial charge in [-0.15, -0.1) is 0 Å². The highest BCUT2D eigenvalue weighted by atomic mass is 35.5. The Morgan fingerprint density at radius 2 is 2.33 bits per heavy atom. The smallest absolute Gasteiger partial charge is 0.192 e. The average Bonchev–Trinajstić information content (AvgIpc) is 1.76. The number of hydrogen-bond donors (Lipinski definition) is 0. The quantitative estimate of drug-likeness (QED) is 0.343. The minimum absolute atomic E-state index is 0.0668. The van der Waals surface area contributed by atoms with Crippen molar-refractivity contribution < 1.29 is 4.84 Å². The lowest BCUT2D eigenvalue weighted by Crippen LogP contribution is -2.31. The predicted octanol–water partition coefficient (Wildman–Crippen LogP) is 1.19. The van der Waals surface area contributed by atoms with Crippen molar-refractivity contribution in [1.29, 1.82) is 0 Å². The SMILES string of the molecule is ClCON=NN1CCC1. The molecule has 0 radical (unpaired) electrons. The van der Waals surface area contributed by atoms with Gasteiger partial charge in [0.2, 0.25) is 0 Å². The molecule has 1 rings (SSSR count). The minimum Gasteiger partial charge on any atom is -0.362 e. The van der Waals surface area contributed by atoms with E-state index in [0.717, 1.165) is 13.1 Å². The number of alkyl halides is 1. The molecule has 1 aliphatic rings. The molecule has 4 nitrogen and oxygen atoms in total. The molecule has 0 aromatic rings. The first-order valence-corrected chi connectivity index (χ1v) is 3.31. The largest absolute Gasteiger partial charge is 0.362 e. The Morgan fingerprint density at radius 1 is 1.56 bits per heavy atom. The Balaban J connectivity index is 2.00. The first-order chi connectivity index (χ1) is 4.43. The van der Waals surface area contributed by atoms with Gasteiger partial charge in [-0.3, -0.25) is 5.01 Å². The molecule has 0 aromatic carbocycles. The summed E-state index contributed by atoms with van der Waals surface area (Å²) in [5.74, 6) is 0. The average molecular weight is 150 g/mol. The monoisotopic (exact) mass is 149 g/mol. The second kappa shape index (κ2) is 3.50. The van der Waals surface area contributed by atoms with Gasteiger partial charge in [0.15, 0.2) is 6.07 Å². The lowest BCUT2D eigenvalue weighted by atomic mass is 10.3.